The highest BCUT2D eigenvalue weighted by molar-refractivity contribution is 5.92. The minimum absolute atomic E-state index is 0.144. The smallest absolute Gasteiger partial charge is 0.320 e. The van der Waals surface area contributed by atoms with Gasteiger partial charge >= 0.3 is 5.97 Å². The lowest BCUT2D eigenvalue weighted by Gasteiger charge is -2.26. The number of hydrogen-bond acceptors (Lipinski definition) is 10. The number of carbonyl (C=O) groups is 1. The van der Waals surface area contributed by atoms with E-state index in [4.69, 9.17) is 25.7 Å². The number of benzene rings is 2. The molecule has 1 atom stereocenters. The quantitative estimate of drug-likeness (QED) is 0.227. The summed E-state index contributed by atoms with van der Waals surface area (Å²) in [6, 6.07) is 7.06. The van der Waals surface area contributed by atoms with Crippen molar-refractivity contribution < 1.29 is 24.1 Å². The Balaban J connectivity index is 1.44. The number of nitrogens with zero attached hydrogens (tertiary/aromatic N) is 2. The molecule has 1 aliphatic rings. The average molecular weight is 539 g/mol. The van der Waals surface area contributed by atoms with Gasteiger partial charge in [0.05, 0.1) is 26.3 Å². The summed E-state index contributed by atoms with van der Waals surface area (Å²) in [5.74, 6) is 1.01. The molecule has 2 aromatic carbocycles. The first kappa shape index (κ1) is 28.0. The van der Waals surface area contributed by atoms with Crippen molar-refractivity contribution in [3.63, 3.8) is 0 Å². The Bertz CT molecular complexity index is 1290. The van der Waals surface area contributed by atoms with Gasteiger partial charge in [-0.15, -0.1) is 0 Å². The number of rotatable bonds is 12. The number of anilines is 3. The molecule has 0 saturated heterocycles. The molecule has 1 heterocycles. The fourth-order valence-electron chi connectivity index (χ4n) is 5.11. The van der Waals surface area contributed by atoms with Gasteiger partial charge in [0.25, 0.3) is 0 Å². The molecule has 3 aromatic rings. The molecule has 7 N–H and O–H groups in total. The minimum atomic E-state index is -0.872. The summed E-state index contributed by atoms with van der Waals surface area (Å²) in [7, 11) is 3.11. The first-order valence-corrected chi connectivity index (χ1v) is 13.2. The van der Waals surface area contributed by atoms with Gasteiger partial charge in [0.1, 0.15) is 11.9 Å². The Morgan fingerprint density at radius 3 is 2.44 bits per heavy atom. The normalized spacial score (nSPS) is 14.6. The summed E-state index contributed by atoms with van der Waals surface area (Å²) in [4.78, 5) is 20.2. The maximum atomic E-state index is 11.8. The number of aliphatic carboxylic acids is 1. The van der Waals surface area contributed by atoms with E-state index in [1.54, 1.807) is 14.2 Å². The summed E-state index contributed by atoms with van der Waals surface area (Å²) in [5, 5.41) is 17.2. The Morgan fingerprint density at radius 2 is 1.79 bits per heavy atom. The lowest BCUT2D eigenvalue weighted by Crippen LogP contribution is -2.44. The molecule has 11 heteroatoms. The maximum absolute atomic E-state index is 11.8. The third kappa shape index (κ3) is 6.72. The molecule has 1 unspecified atom stereocenters. The van der Waals surface area contributed by atoms with Gasteiger partial charge in [-0.25, -0.2) is 4.98 Å². The number of nitrogen functional groups attached to an aromatic ring is 2. The maximum Gasteiger partial charge on any atom is 0.320 e. The molecule has 0 bridgehead atoms. The van der Waals surface area contributed by atoms with Crippen molar-refractivity contribution in [2.24, 2.45) is 0 Å². The lowest BCUT2D eigenvalue weighted by atomic mass is 9.94. The second-order valence-electron chi connectivity index (χ2n) is 9.80. The third-order valence-electron chi connectivity index (χ3n) is 7.22. The van der Waals surface area contributed by atoms with Gasteiger partial charge in [-0.05, 0) is 37.0 Å². The van der Waals surface area contributed by atoms with Crippen LogP contribution in [0.25, 0.3) is 10.9 Å². The van der Waals surface area contributed by atoms with E-state index in [0.717, 1.165) is 47.9 Å². The van der Waals surface area contributed by atoms with Crippen molar-refractivity contribution in [3.8, 4) is 17.2 Å². The SMILES string of the molecule is COc1cc(NCc2ccc3nc(N)nc(N)c3c2C)cc(OC)c1OCCC(NC1CCCCC1)C(=O)O. The zero-order valence-electron chi connectivity index (χ0n) is 22.8. The van der Waals surface area contributed by atoms with Gasteiger partial charge in [-0.2, -0.15) is 4.98 Å². The van der Waals surface area contributed by atoms with E-state index in [0.29, 0.717) is 41.5 Å². The Kier molecular flexibility index (Phi) is 9.13. The van der Waals surface area contributed by atoms with Crippen LogP contribution in [0.5, 0.6) is 17.2 Å². The van der Waals surface area contributed by atoms with Gasteiger partial charge in [0.15, 0.2) is 11.5 Å². The molecule has 1 saturated carbocycles. The van der Waals surface area contributed by atoms with E-state index < -0.39 is 12.0 Å². The number of carboxylic acids is 1. The van der Waals surface area contributed by atoms with Crippen LogP contribution in [0.1, 0.15) is 49.7 Å². The number of nitrogens with two attached hydrogens (primary N) is 2. The molecule has 210 valence electrons. The molecule has 1 aliphatic carbocycles. The number of aryl methyl sites for hydroxylation is 1. The number of aromatic nitrogens is 2. The highest BCUT2D eigenvalue weighted by atomic mass is 16.5. The van der Waals surface area contributed by atoms with Crippen LogP contribution >= 0.6 is 0 Å². The summed E-state index contributed by atoms with van der Waals surface area (Å²) in [5.41, 5.74) is 15.3. The monoisotopic (exact) mass is 538 g/mol. The van der Waals surface area contributed by atoms with Crippen LogP contribution in [-0.4, -0.2) is 54.0 Å². The van der Waals surface area contributed by atoms with Gasteiger partial charge in [-0.1, -0.05) is 25.3 Å². The van der Waals surface area contributed by atoms with Crippen LogP contribution in [0.4, 0.5) is 17.5 Å². The first-order valence-electron chi connectivity index (χ1n) is 13.2. The zero-order valence-corrected chi connectivity index (χ0v) is 22.8. The van der Waals surface area contributed by atoms with E-state index in [9.17, 15) is 9.90 Å². The molecule has 39 heavy (non-hydrogen) atoms. The van der Waals surface area contributed by atoms with Crippen molar-refractivity contribution in [1.82, 2.24) is 15.3 Å². The van der Waals surface area contributed by atoms with Crippen LogP contribution in [0.15, 0.2) is 24.3 Å². The molecular formula is C28H38N6O5. The molecule has 0 spiro atoms. The van der Waals surface area contributed by atoms with Gasteiger partial charge < -0.3 is 41.4 Å². The van der Waals surface area contributed by atoms with E-state index in [1.165, 1.54) is 6.42 Å². The number of nitrogens with one attached hydrogen (secondary N) is 2. The summed E-state index contributed by atoms with van der Waals surface area (Å²) >= 11 is 0. The van der Waals surface area contributed by atoms with Crippen molar-refractivity contribution in [2.45, 2.75) is 64.1 Å². The van der Waals surface area contributed by atoms with Crippen LogP contribution in [-0.2, 0) is 11.3 Å². The van der Waals surface area contributed by atoms with Gasteiger partial charge in [0, 0.05) is 42.2 Å². The highest BCUT2D eigenvalue weighted by Crippen LogP contribution is 2.40. The van der Waals surface area contributed by atoms with Crippen LogP contribution in [0, 0.1) is 6.92 Å². The summed E-state index contributed by atoms with van der Waals surface area (Å²) in [6.45, 7) is 2.67. The molecule has 0 radical (unpaired) electrons. The number of ether oxygens (including phenoxy) is 3. The molecule has 1 aromatic heterocycles. The van der Waals surface area contributed by atoms with Crippen LogP contribution < -0.4 is 36.3 Å². The number of hydrogen-bond donors (Lipinski definition) is 5. The predicted octanol–water partition coefficient (Wildman–Crippen LogP) is 3.88. The largest absolute Gasteiger partial charge is 0.493 e. The standard InChI is InChI=1S/C28H38N6O5/c1-16-17(9-10-20-24(16)26(29)34-28(30)33-20)15-31-19-13-22(37-2)25(23(14-19)38-3)39-12-11-21(27(35)36)32-18-7-5-4-6-8-18/h9-10,13-14,18,21,31-32H,4-8,11-12,15H2,1-3H3,(H,35,36)(H4,29,30,33,34). The molecule has 0 aliphatic heterocycles. The van der Waals surface area contributed by atoms with Crippen molar-refractivity contribution in [2.75, 3.05) is 37.6 Å². The summed E-state index contributed by atoms with van der Waals surface area (Å²) in [6.07, 6.45) is 5.81. The van der Waals surface area contributed by atoms with E-state index in [2.05, 4.69) is 20.6 Å². The average Bonchev–Trinajstić information content (AvgIpc) is 2.92. The third-order valence-corrected chi connectivity index (χ3v) is 7.22. The topological polar surface area (TPSA) is 167 Å². The molecule has 0 amide bonds. The van der Waals surface area contributed by atoms with Crippen LogP contribution in [0.3, 0.4) is 0 Å². The summed E-state index contributed by atoms with van der Waals surface area (Å²) < 4.78 is 17.2. The zero-order chi connectivity index (χ0) is 27.9. The fourth-order valence-corrected chi connectivity index (χ4v) is 5.11. The van der Waals surface area contributed by atoms with Crippen LogP contribution in [0.2, 0.25) is 0 Å². The van der Waals surface area contributed by atoms with Gasteiger partial charge in [-0.3, -0.25) is 4.79 Å². The number of carboxylic acid groups (broad SMARTS) is 1. The van der Waals surface area contributed by atoms with Crippen molar-refractivity contribution in [1.29, 1.82) is 0 Å². The van der Waals surface area contributed by atoms with Crippen molar-refractivity contribution in [3.05, 3.63) is 35.4 Å². The van der Waals surface area contributed by atoms with E-state index in [-0.39, 0.29) is 18.6 Å². The number of methoxy groups -OCH3 is 2. The first-order chi connectivity index (χ1) is 18.8. The fraction of sp³-hybridized carbons (Fsp3) is 0.464. The second kappa shape index (κ2) is 12.7. The second-order valence-corrected chi connectivity index (χ2v) is 9.80. The Labute approximate surface area is 228 Å². The molecule has 11 nitrogen and oxygen atoms in total. The predicted molar refractivity (Wildman–Crippen MR) is 152 cm³/mol. The highest BCUT2D eigenvalue weighted by Gasteiger charge is 2.24. The minimum Gasteiger partial charge on any atom is -0.493 e. The van der Waals surface area contributed by atoms with E-state index >= 15 is 0 Å². The lowest BCUT2D eigenvalue weighted by molar-refractivity contribution is -0.140. The Hall–Kier alpha value is -3.99. The molecule has 4 rings (SSSR count). The molecular weight excluding hydrogens is 500 g/mol. The van der Waals surface area contributed by atoms with E-state index in [1.807, 2.05) is 31.2 Å². The molecule has 1 fully saturated rings. The van der Waals surface area contributed by atoms with Gasteiger partial charge in [0.2, 0.25) is 11.7 Å². The van der Waals surface area contributed by atoms with Crippen molar-refractivity contribution >= 4 is 34.3 Å². The Morgan fingerprint density at radius 1 is 1.10 bits per heavy atom. The number of fused-ring (bicyclic) bond motifs is 1.